The zero-order valence-corrected chi connectivity index (χ0v) is 14.3. The van der Waals surface area contributed by atoms with Crippen LogP contribution >= 0.6 is 0 Å². The molecule has 0 unspecified atom stereocenters. The number of anilines is 1. The topological polar surface area (TPSA) is 58.2 Å². The Morgan fingerprint density at radius 1 is 0.960 bits per heavy atom. The van der Waals surface area contributed by atoms with Crippen LogP contribution in [0.4, 0.5) is 14.5 Å². The molecule has 6 heteroatoms. The lowest BCUT2D eigenvalue weighted by Crippen LogP contribution is -2.47. The van der Waals surface area contributed by atoms with E-state index in [1.165, 1.54) is 0 Å². The Morgan fingerprint density at radius 2 is 1.52 bits per heavy atom. The van der Waals surface area contributed by atoms with Crippen molar-refractivity contribution in [3.8, 4) is 0 Å². The third-order valence-corrected chi connectivity index (χ3v) is 3.68. The summed E-state index contributed by atoms with van der Waals surface area (Å²) in [6, 6.07) is 8.84. The Labute approximate surface area is 145 Å². The molecule has 0 fully saturated rings. The molecule has 0 aliphatic carbocycles. The summed E-state index contributed by atoms with van der Waals surface area (Å²) in [6.45, 7) is 5.45. The van der Waals surface area contributed by atoms with Crippen LogP contribution in [-0.4, -0.2) is 17.9 Å². The maximum Gasteiger partial charge on any atom is 0.251 e. The van der Waals surface area contributed by atoms with Crippen molar-refractivity contribution in [2.24, 2.45) is 5.92 Å². The molecular formula is C19H20F2N2O2. The molecule has 25 heavy (non-hydrogen) atoms. The molecule has 0 heterocycles. The largest absolute Gasteiger partial charge is 0.340 e. The number of carbonyl (C=O) groups excluding carboxylic acids is 2. The number of benzene rings is 2. The Bertz CT molecular complexity index is 753. The van der Waals surface area contributed by atoms with Crippen LogP contribution in [0.15, 0.2) is 42.5 Å². The number of carbonyl (C=O) groups is 2. The quantitative estimate of drug-likeness (QED) is 0.868. The minimum absolute atomic E-state index is 0.00210. The number of halogens is 2. The van der Waals surface area contributed by atoms with Gasteiger partial charge in [-0.25, -0.2) is 8.78 Å². The summed E-state index contributed by atoms with van der Waals surface area (Å²) in [7, 11) is 0. The fourth-order valence-corrected chi connectivity index (χ4v) is 2.31. The van der Waals surface area contributed by atoms with Crippen LogP contribution in [0.1, 0.15) is 29.8 Å². The van der Waals surface area contributed by atoms with Crippen molar-refractivity contribution in [1.82, 2.24) is 5.32 Å². The molecule has 2 rings (SSSR count). The lowest BCUT2D eigenvalue weighted by Gasteiger charge is -2.22. The first kappa shape index (κ1) is 18.6. The molecule has 0 aliphatic heterocycles. The van der Waals surface area contributed by atoms with Gasteiger partial charge in [-0.1, -0.05) is 31.5 Å². The van der Waals surface area contributed by atoms with Crippen LogP contribution in [0.25, 0.3) is 0 Å². The molecule has 2 amide bonds. The zero-order valence-electron chi connectivity index (χ0n) is 14.3. The second kappa shape index (κ2) is 7.88. The van der Waals surface area contributed by atoms with Crippen LogP contribution in [0.3, 0.4) is 0 Å². The van der Waals surface area contributed by atoms with Gasteiger partial charge in [0.1, 0.15) is 17.7 Å². The molecule has 0 aliphatic rings. The van der Waals surface area contributed by atoms with E-state index in [0.29, 0.717) is 5.56 Å². The van der Waals surface area contributed by atoms with Crippen molar-refractivity contribution >= 4 is 17.5 Å². The molecule has 0 bridgehead atoms. The Hall–Kier alpha value is -2.76. The van der Waals surface area contributed by atoms with Crippen LogP contribution in [0.5, 0.6) is 0 Å². The number of nitrogens with one attached hydrogen (secondary N) is 2. The first-order chi connectivity index (χ1) is 11.8. The third kappa shape index (κ3) is 5.11. The summed E-state index contributed by atoms with van der Waals surface area (Å²) in [5.74, 6) is -2.73. The first-order valence-electron chi connectivity index (χ1n) is 7.91. The molecule has 4 nitrogen and oxygen atoms in total. The van der Waals surface area contributed by atoms with Gasteiger partial charge in [-0.05, 0) is 37.1 Å². The Kier molecular flexibility index (Phi) is 5.85. The average molecular weight is 346 g/mol. The highest BCUT2D eigenvalue weighted by molar-refractivity contribution is 6.01. The maximum absolute atomic E-state index is 13.2. The van der Waals surface area contributed by atoms with E-state index >= 15 is 0 Å². The molecule has 1 atom stereocenters. The fraction of sp³-hybridized carbons (Fsp3) is 0.263. The molecule has 0 saturated carbocycles. The minimum atomic E-state index is -0.847. The number of aryl methyl sites for hydroxylation is 1. The van der Waals surface area contributed by atoms with E-state index in [1.807, 2.05) is 6.92 Å². The van der Waals surface area contributed by atoms with E-state index in [-0.39, 0.29) is 17.5 Å². The standard InChI is InChI=1S/C19H20F2N2O2/c1-11(2)17(23-18(24)13-6-4-12(3)5-7-13)19(25)22-16-9-14(20)8-15(21)10-16/h4-11,17H,1-3H3,(H,22,25)(H,23,24)/t17-/m0/s1. The summed E-state index contributed by atoms with van der Waals surface area (Å²) in [6.07, 6.45) is 0. The van der Waals surface area contributed by atoms with Gasteiger partial charge in [0.2, 0.25) is 5.91 Å². The molecule has 0 aromatic heterocycles. The Balaban J connectivity index is 2.12. The van der Waals surface area contributed by atoms with Crippen LogP contribution in [0.2, 0.25) is 0 Å². The van der Waals surface area contributed by atoms with E-state index in [0.717, 1.165) is 23.8 Å². The van der Waals surface area contributed by atoms with E-state index in [1.54, 1.807) is 38.1 Å². The van der Waals surface area contributed by atoms with Crippen molar-refractivity contribution in [1.29, 1.82) is 0 Å². The van der Waals surface area contributed by atoms with Gasteiger partial charge < -0.3 is 10.6 Å². The fourth-order valence-electron chi connectivity index (χ4n) is 2.31. The summed E-state index contributed by atoms with van der Waals surface area (Å²) in [5, 5.41) is 5.10. The number of hydrogen-bond donors (Lipinski definition) is 2. The monoisotopic (exact) mass is 346 g/mol. The highest BCUT2D eigenvalue weighted by atomic mass is 19.1. The second-order valence-electron chi connectivity index (χ2n) is 6.21. The second-order valence-corrected chi connectivity index (χ2v) is 6.21. The van der Waals surface area contributed by atoms with Crippen molar-refractivity contribution in [2.75, 3.05) is 5.32 Å². The van der Waals surface area contributed by atoms with Gasteiger partial charge in [-0.2, -0.15) is 0 Å². The summed E-state index contributed by atoms with van der Waals surface area (Å²) < 4.78 is 26.5. The molecular weight excluding hydrogens is 326 g/mol. The SMILES string of the molecule is Cc1ccc(C(=O)N[C@H](C(=O)Nc2cc(F)cc(F)c2)C(C)C)cc1. The normalized spacial score (nSPS) is 11.9. The van der Waals surface area contributed by atoms with E-state index < -0.39 is 23.6 Å². The maximum atomic E-state index is 13.2. The van der Waals surface area contributed by atoms with Gasteiger partial charge in [0.05, 0.1) is 0 Å². The first-order valence-corrected chi connectivity index (χ1v) is 7.91. The van der Waals surface area contributed by atoms with Crippen LogP contribution in [-0.2, 0) is 4.79 Å². The van der Waals surface area contributed by atoms with Crippen molar-refractivity contribution in [3.63, 3.8) is 0 Å². The Morgan fingerprint density at radius 3 is 2.04 bits per heavy atom. The summed E-state index contributed by atoms with van der Waals surface area (Å²) in [5.41, 5.74) is 1.45. The van der Waals surface area contributed by atoms with Gasteiger partial charge in [-0.3, -0.25) is 9.59 Å². The smallest absolute Gasteiger partial charge is 0.251 e. The number of hydrogen-bond acceptors (Lipinski definition) is 2. The molecule has 2 N–H and O–H groups in total. The predicted molar refractivity (Wildman–Crippen MR) is 92.3 cm³/mol. The van der Waals surface area contributed by atoms with Gasteiger partial charge in [-0.15, -0.1) is 0 Å². The molecule has 0 spiro atoms. The lowest BCUT2D eigenvalue weighted by atomic mass is 10.0. The summed E-state index contributed by atoms with van der Waals surface area (Å²) >= 11 is 0. The zero-order chi connectivity index (χ0) is 18.6. The number of amides is 2. The molecule has 132 valence electrons. The average Bonchev–Trinajstić information content (AvgIpc) is 2.51. The van der Waals surface area contributed by atoms with Crippen LogP contribution < -0.4 is 10.6 Å². The lowest BCUT2D eigenvalue weighted by molar-refractivity contribution is -0.118. The van der Waals surface area contributed by atoms with Gasteiger partial charge in [0.25, 0.3) is 5.91 Å². The molecule has 2 aromatic carbocycles. The van der Waals surface area contributed by atoms with E-state index in [2.05, 4.69) is 10.6 Å². The summed E-state index contributed by atoms with van der Waals surface area (Å²) in [4.78, 5) is 24.8. The van der Waals surface area contributed by atoms with Crippen LogP contribution in [0, 0.1) is 24.5 Å². The third-order valence-electron chi connectivity index (χ3n) is 3.68. The van der Waals surface area contributed by atoms with Gasteiger partial charge in [0, 0.05) is 17.3 Å². The van der Waals surface area contributed by atoms with Crippen molar-refractivity contribution in [2.45, 2.75) is 26.8 Å². The van der Waals surface area contributed by atoms with Crippen molar-refractivity contribution < 1.29 is 18.4 Å². The minimum Gasteiger partial charge on any atom is -0.340 e. The molecule has 0 radical (unpaired) electrons. The van der Waals surface area contributed by atoms with E-state index in [9.17, 15) is 18.4 Å². The molecule has 0 saturated heterocycles. The predicted octanol–water partition coefficient (Wildman–Crippen LogP) is 3.67. The highest BCUT2D eigenvalue weighted by Crippen LogP contribution is 2.15. The van der Waals surface area contributed by atoms with Gasteiger partial charge in [0.15, 0.2) is 0 Å². The number of rotatable bonds is 5. The highest BCUT2D eigenvalue weighted by Gasteiger charge is 2.25. The van der Waals surface area contributed by atoms with Crippen molar-refractivity contribution in [3.05, 3.63) is 65.2 Å². The molecule has 2 aromatic rings. The van der Waals surface area contributed by atoms with Gasteiger partial charge >= 0.3 is 0 Å². The van der Waals surface area contributed by atoms with E-state index in [4.69, 9.17) is 0 Å².